The van der Waals surface area contributed by atoms with Crippen molar-refractivity contribution in [1.82, 2.24) is 15.0 Å². The summed E-state index contributed by atoms with van der Waals surface area (Å²) < 4.78 is 18.7. The van der Waals surface area contributed by atoms with Crippen LogP contribution in [-0.4, -0.2) is 30.2 Å². The molecule has 0 bridgehead atoms. The minimum absolute atomic E-state index is 0.257. The number of para-hydroxylation sites is 2. The molecule has 1 unspecified atom stereocenters. The van der Waals surface area contributed by atoms with E-state index in [4.69, 9.17) is 4.74 Å². The Balaban J connectivity index is 1.21. The molecule has 36 heavy (non-hydrogen) atoms. The van der Waals surface area contributed by atoms with Crippen molar-refractivity contribution in [3.63, 3.8) is 0 Å². The summed E-state index contributed by atoms with van der Waals surface area (Å²) in [6, 6.07) is 24.1. The Morgan fingerprint density at radius 1 is 1.00 bits per heavy atom. The van der Waals surface area contributed by atoms with Crippen LogP contribution in [0, 0.1) is 6.92 Å². The second-order valence-electron chi connectivity index (χ2n) is 8.36. The molecule has 180 valence electrons. The summed E-state index contributed by atoms with van der Waals surface area (Å²) >= 11 is 0. The summed E-state index contributed by atoms with van der Waals surface area (Å²) in [6.45, 7) is 2.28. The average Bonchev–Trinajstić information content (AvgIpc) is 3.34. The van der Waals surface area contributed by atoms with E-state index in [9.17, 15) is 14.1 Å². The maximum atomic E-state index is 12.8. The monoisotopic (exact) mass is 497 g/mol. The number of carbonyl (C=O) groups is 1. The van der Waals surface area contributed by atoms with Gasteiger partial charge < -0.3 is 14.8 Å². The third-order valence-corrected chi connectivity index (χ3v) is 6.98. The maximum absolute atomic E-state index is 12.8. The number of rotatable bonds is 8. The number of aromatic carboxylic acids is 1. The molecule has 2 N–H and O–H groups in total. The van der Waals surface area contributed by atoms with Gasteiger partial charge in [0.15, 0.2) is 5.16 Å². The van der Waals surface area contributed by atoms with Crippen LogP contribution in [0.5, 0.6) is 5.75 Å². The first-order valence-electron chi connectivity index (χ1n) is 11.3. The van der Waals surface area contributed by atoms with E-state index in [1.54, 1.807) is 24.4 Å². The molecule has 5 aromatic rings. The predicted octanol–water partition coefficient (Wildman–Crippen LogP) is 5.52. The molecule has 7 nitrogen and oxygen atoms in total. The number of ether oxygens (including phenoxy) is 1. The largest absolute Gasteiger partial charge is 0.487 e. The van der Waals surface area contributed by atoms with E-state index in [1.165, 1.54) is 0 Å². The van der Waals surface area contributed by atoms with Crippen molar-refractivity contribution in [2.45, 2.75) is 24.4 Å². The number of imidazole rings is 1. The lowest BCUT2D eigenvalue weighted by molar-refractivity contribution is 0.0697. The van der Waals surface area contributed by atoms with Crippen molar-refractivity contribution in [3.05, 3.63) is 107 Å². The van der Waals surface area contributed by atoms with E-state index in [1.807, 2.05) is 67.6 Å². The predicted molar refractivity (Wildman–Crippen MR) is 138 cm³/mol. The third-order valence-electron chi connectivity index (χ3n) is 5.81. The number of hydrogen-bond acceptors (Lipinski definition) is 5. The van der Waals surface area contributed by atoms with Crippen molar-refractivity contribution in [2.24, 2.45) is 0 Å². The quantitative estimate of drug-likeness (QED) is 0.293. The molecule has 3 aromatic carbocycles. The van der Waals surface area contributed by atoms with Gasteiger partial charge in [0.1, 0.15) is 12.4 Å². The Kier molecular flexibility index (Phi) is 6.60. The SMILES string of the molecule is Cc1cc(OCc2ccc(-c3cccc(C(=O)O)c3)cc2)cnc1CS(=O)c1nc2ccccc2[nH]1. The number of aromatic amines is 1. The molecule has 0 radical (unpaired) electrons. The van der Waals surface area contributed by atoms with Gasteiger partial charge in [-0.25, -0.2) is 9.78 Å². The van der Waals surface area contributed by atoms with E-state index in [0.717, 1.165) is 39.0 Å². The van der Waals surface area contributed by atoms with Crippen molar-refractivity contribution in [2.75, 3.05) is 0 Å². The fourth-order valence-corrected chi connectivity index (χ4v) is 4.94. The van der Waals surface area contributed by atoms with Crippen LogP contribution in [0.15, 0.2) is 90.2 Å². The van der Waals surface area contributed by atoms with E-state index in [0.29, 0.717) is 17.5 Å². The Bertz CT molecular complexity index is 1540. The second-order valence-corrected chi connectivity index (χ2v) is 9.72. The van der Waals surface area contributed by atoms with Crippen LogP contribution in [0.2, 0.25) is 0 Å². The summed E-state index contributed by atoms with van der Waals surface area (Å²) in [6.07, 6.45) is 1.64. The molecule has 1 atom stereocenters. The number of benzene rings is 3. The molecule has 0 aliphatic rings. The number of H-pyrrole nitrogens is 1. The maximum Gasteiger partial charge on any atom is 0.335 e. The van der Waals surface area contributed by atoms with Crippen molar-refractivity contribution < 1.29 is 18.8 Å². The number of hydrogen-bond donors (Lipinski definition) is 2. The molecule has 0 aliphatic heterocycles. The van der Waals surface area contributed by atoms with Crippen LogP contribution < -0.4 is 4.74 Å². The Morgan fingerprint density at radius 2 is 1.81 bits per heavy atom. The highest BCUT2D eigenvalue weighted by Gasteiger charge is 2.13. The number of aromatic nitrogens is 3. The fourth-order valence-electron chi connectivity index (χ4n) is 3.83. The highest BCUT2D eigenvalue weighted by atomic mass is 32.2. The molecule has 5 rings (SSSR count). The van der Waals surface area contributed by atoms with Gasteiger partial charge in [-0.2, -0.15) is 0 Å². The zero-order chi connectivity index (χ0) is 25.1. The van der Waals surface area contributed by atoms with Gasteiger partial charge in [-0.1, -0.05) is 48.5 Å². The van der Waals surface area contributed by atoms with Gasteiger partial charge in [-0.05, 0) is 59.5 Å². The van der Waals surface area contributed by atoms with Gasteiger partial charge in [-0.15, -0.1) is 0 Å². The molecule has 0 saturated carbocycles. The van der Waals surface area contributed by atoms with Crippen molar-refractivity contribution >= 4 is 27.8 Å². The first-order chi connectivity index (χ1) is 17.5. The fraction of sp³-hybridized carbons (Fsp3) is 0.107. The zero-order valence-electron chi connectivity index (χ0n) is 19.5. The topological polar surface area (TPSA) is 105 Å². The van der Waals surface area contributed by atoms with Gasteiger partial charge in [0, 0.05) is 0 Å². The first kappa shape index (κ1) is 23.4. The number of carboxylic acids is 1. The van der Waals surface area contributed by atoms with E-state index >= 15 is 0 Å². The highest BCUT2D eigenvalue weighted by molar-refractivity contribution is 7.84. The zero-order valence-corrected chi connectivity index (χ0v) is 20.3. The number of fused-ring (bicyclic) bond motifs is 1. The van der Waals surface area contributed by atoms with Gasteiger partial charge in [-0.3, -0.25) is 9.19 Å². The number of aryl methyl sites for hydroxylation is 1. The Morgan fingerprint density at radius 3 is 2.56 bits per heavy atom. The molecule has 2 aromatic heterocycles. The molecule has 0 spiro atoms. The van der Waals surface area contributed by atoms with Gasteiger partial charge in [0.2, 0.25) is 0 Å². The molecular weight excluding hydrogens is 474 g/mol. The van der Waals surface area contributed by atoms with Gasteiger partial charge in [0.05, 0.1) is 45.0 Å². The Hall–Kier alpha value is -4.30. The van der Waals surface area contributed by atoms with Crippen LogP contribution in [0.3, 0.4) is 0 Å². The first-order valence-corrected chi connectivity index (χ1v) is 12.6. The summed E-state index contributed by atoms with van der Waals surface area (Å²) in [4.78, 5) is 23.2. The van der Waals surface area contributed by atoms with Gasteiger partial charge in [0.25, 0.3) is 0 Å². The van der Waals surface area contributed by atoms with Gasteiger partial charge >= 0.3 is 5.97 Å². The smallest absolute Gasteiger partial charge is 0.335 e. The number of nitrogens with one attached hydrogen (secondary N) is 1. The average molecular weight is 498 g/mol. The summed E-state index contributed by atoms with van der Waals surface area (Å²) in [7, 11) is -1.34. The number of pyridine rings is 1. The van der Waals surface area contributed by atoms with Crippen LogP contribution in [-0.2, 0) is 23.2 Å². The van der Waals surface area contributed by atoms with Crippen LogP contribution >= 0.6 is 0 Å². The molecule has 2 heterocycles. The van der Waals surface area contributed by atoms with Crippen LogP contribution in [0.4, 0.5) is 0 Å². The standard InChI is InChI=1S/C28H23N3O4S/c1-18-13-23(15-29-26(18)17-36(34)28-30-24-7-2-3-8-25(24)31-28)35-16-19-9-11-20(12-10-19)21-5-4-6-22(14-21)27(32)33/h2-15H,16-17H2,1H3,(H,30,31)(H,32,33). The number of nitrogens with zero attached hydrogens (tertiary/aromatic N) is 2. The molecule has 0 amide bonds. The van der Waals surface area contributed by atoms with Crippen LogP contribution in [0.1, 0.15) is 27.2 Å². The highest BCUT2D eigenvalue weighted by Crippen LogP contribution is 2.23. The molecule has 0 fully saturated rings. The lowest BCUT2D eigenvalue weighted by atomic mass is 10.0. The molecule has 0 aliphatic carbocycles. The van der Waals surface area contributed by atoms with Crippen molar-refractivity contribution in [1.29, 1.82) is 0 Å². The second kappa shape index (κ2) is 10.1. The molecule has 0 saturated heterocycles. The summed E-state index contributed by atoms with van der Waals surface area (Å²) in [5, 5.41) is 9.64. The summed E-state index contributed by atoms with van der Waals surface area (Å²) in [5.41, 5.74) is 6.28. The summed E-state index contributed by atoms with van der Waals surface area (Å²) in [5.74, 6) is -0.0576. The van der Waals surface area contributed by atoms with E-state index < -0.39 is 16.8 Å². The van der Waals surface area contributed by atoms with Crippen LogP contribution in [0.25, 0.3) is 22.2 Å². The molecule has 8 heteroatoms. The lowest BCUT2D eigenvalue weighted by Gasteiger charge is -2.10. The minimum atomic E-state index is -1.34. The Labute approximate surface area is 210 Å². The normalized spacial score (nSPS) is 11.9. The lowest BCUT2D eigenvalue weighted by Crippen LogP contribution is -2.04. The van der Waals surface area contributed by atoms with Crippen molar-refractivity contribution in [3.8, 4) is 16.9 Å². The minimum Gasteiger partial charge on any atom is -0.487 e. The number of carboxylic acid groups (broad SMARTS) is 1. The third kappa shape index (κ3) is 5.18. The van der Waals surface area contributed by atoms with E-state index in [-0.39, 0.29) is 11.3 Å². The van der Waals surface area contributed by atoms with E-state index in [2.05, 4.69) is 15.0 Å². The molecular formula is C28H23N3O4S.